The van der Waals surface area contributed by atoms with Crippen molar-refractivity contribution in [1.82, 2.24) is 5.32 Å². The summed E-state index contributed by atoms with van der Waals surface area (Å²) in [6, 6.07) is 13.8. The number of ether oxygens (including phenoxy) is 1. The number of benzene rings is 2. The predicted octanol–water partition coefficient (Wildman–Crippen LogP) is 3.82. The van der Waals surface area contributed by atoms with E-state index in [0.29, 0.717) is 12.3 Å². The standard InChI is InChI=1S/C19H22FNO2/c1-19(2,3)15-6-4-14(5-7-15)12-21-18(22)13-23-17-10-8-16(20)9-11-17/h4-11H,12-13H2,1-3H3,(H,21,22). The lowest BCUT2D eigenvalue weighted by atomic mass is 9.87. The van der Waals surface area contributed by atoms with E-state index in [9.17, 15) is 9.18 Å². The fraction of sp³-hybridized carbons (Fsp3) is 0.316. The summed E-state index contributed by atoms with van der Waals surface area (Å²) >= 11 is 0. The van der Waals surface area contributed by atoms with Crippen molar-refractivity contribution in [3.63, 3.8) is 0 Å². The third kappa shape index (κ3) is 5.40. The molecule has 2 rings (SSSR count). The lowest BCUT2D eigenvalue weighted by Crippen LogP contribution is -2.28. The average molecular weight is 315 g/mol. The van der Waals surface area contributed by atoms with Gasteiger partial charge in [0.05, 0.1) is 0 Å². The molecule has 2 aromatic rings. The Labute approximate surface area is 136 Å². The second-order valence-corrected chi connectivity index (χ2v) is 6.47. The number of rotatable bonds is 5. The first-order valence-corrected chi connectivity index (χ1v) is 7.59. The topological polar surface area (TPSA) is 38.3 Å². The van der Waals surface area contributed by atoms with Crippen LogP contribution in [0.1, 0.15) is 31.9 Å². The molecule has 0 bridgehead atoms. The SMILES string of the molecule is CC(C)(C)c1ccc(CNC(=O)COc2ccc(F)cc2)cc1. The van der Waals surface area contributed by atoms with Crippen LogP contribution in [0.2, 0.25) is 0 Å². The fourth-order valence-corrected chi connectivity index (χ4v) is 2.05. The number of amides is 1. The highest BCUT2D eigenvalue weighted by Crippen LogP contribution is 2.22. The van der Waals surface area contributed by atoms with Gasteiger partial charge in [-0.25, -0.2) is 4.39 Å². The molecule has 0 aliphatic rings. The molecule has 0 fully saturated rings. The minimum Gasteiger partial charge on any atom is -0.484 e. The summed E-state index contributed by atoms with van der Waals surface area (Å²) in [5, 5.41) is 2.80. The number of hydrogen-bond donors (Lipinski definition) is 1. The highest BCUT2D eigenvalue weighted by Gasteiger charge is 2.12. The largest absolute Gasteiger partial charge is 0.484 e. The van der Waals surface area contributed by atoms with Crippen molar-refractivity contribution in [2.24, 2.45) is 0 Å². The second-order valence-electron chi connectivity index (χ2n) is 6.47. The normalized spacial score (nSPS) is 11.1. The van der Waals surface area contributed by atoms with E-state index in [0.717, 1.165) is 5.56 Å². The van der Waals surface area contributed by atoms with Gasteiger partial charge in [-0.15, -0.1) is 0 Å². The first-order chi connectivity index (χ1) is 10.8. The highest BCUT2D eigenvalue weighted by molar-refractivity contribution is 5.77. The number of halogens is 1. The highest BCUT2D eigenvalue weighted by atomic mass is 19.1. The van der Waals surface area contributed by atoms with Crippen LogP contribution in [0.4, 0.5) is 4.39 Å². The molecule has 122 valence electrons. The smallest absolute Gasteiger partial charge is 0.258 e. The number of carbonyl (C=O) groups excluding carboxylic acids is 1. The van der Waals surface area contributed by atoms with Gasteiger partial charge < -0.3 is 10.1 Å². The Morgan fingerprint density at radius 2 is 1.65 bits per heavy atom. The van der Waals surface area contributed by atoms with Crippen LogP contribution in [0, 0.1) is 5.82 Å². The van der Waals surface area contributed by atoms with Crippen molar-refractivity contribution in [2.45, 2.75) is 32.7 Å². The van der Waals surface area contributed by atoms with Gasteiger partial charge in [-0.05, 0) is 40.8 Å². The molecule has 1 N–H and O–H groups in total. The van der Waals surface area contributed by atoms with Crippen LogP contribution in [0.3, 0.4) is 0 Å². The molecule has 4 heteroatoms. The molecule has 0 aromatic heterocycles. The number of hydrogen-bond acceptors (Lipinski definition) is 2. The van der Waals surface area contributed by atoms with Crippen molar-refractivity contribution in [3.8, 4) is 5.75 Å². The van der Waals surface area contributed by atoms with Gasteiger partial charge in [0.1, 0.15) is 11.6 Å². The molecule has 0 aliphatic heterocycles. The van der Waals surface area contributed by atoms with Gasteiger partial charge in [-0.1, -0.05) is 45.0 Å². The fourth-order valence-electron chi connectivity index (χ4n) is 2.05. The van der Waals surface area contributed by atoms with Crippen LogP contribution in [-0.4, -0.2) is 12.5 Å². The van der Waals surface area contributed by atoms with E-state index in [2.05, 4.69) is 38.2 Å². The van der Waals surface area contributed by atoms with Crippen LogP contribution >= 0.6 is 0 Å². The zero-order valence-corrected chi connectivity index (χ0v) is 13.7. The van der Waals surface area contributed by atoms with E-state index in [4.69, 9.17) is 4.74 Å². The molecule has 0 unspecified atom stereocenters. The first kappa shape index (κ1) is 17.0. The summed E-state index contributed by atoms with van der Waals surface area (Å²) in [5.41, 5.74) is 2.41. The van der Waals surface area contributed by atoms with Crippen LogP contribution < -0.4 is 10.1 Å². The van der Waals surface area contributed by atoms with Crippen LogP contribution in [0.25, 0.3) is 0 Å². The second kappa shape index (κ2) is 7.27. The number of nitrogens with one attached hydrogen (secondary N) is 1. The minimum atomic E-state index is -0.333. The zero-order chi connectivity index (χ0) is 16.9. The summed E-state index contributed by atoms with van der Waals surface area (Å²) in [5.74, 6) is -0.0780. The van der Waals surface area contributed by atoms with Gasteiger partial charge in [-0.2, -0.15) is 0 Å². The van der Waals surface area contributed by atoms with E-state index in [-0.39, 0.29) is 23.7 Å². The molecule has 0 spiro atoms. The first-order valence-electron chi connectivity index (χ1n) is 7.59. The summed E-state index contributed by atoms with van der Waals surface area (Å²) in [6.07, 6.45) is 0. The van der Waals surface area contributed by atoms with Crippen LogP contribution in [-0.2, 0) is 16.8 Å². The Morgan fingerprint density at radius 1 is 1.04 bits per heavy atom. The lowest BCUT2D eigenvalue weighted by Gasteiger charge is -2.19. The van der Waals surface area contributed by atoms with Gasteiger partial charge in [-0.3, -0.25) is 4.79 Å². The summed E-state index contributed by atoms with van der Waals surface area (Å²) in [7, 11) is 0. The molecular weight excluding hydrogens is 293 g/mol. The molecule has 1 amide bonds. The van der Waals surface area contributed by atoms with E-state index < -0.39 is 0 Å². The molecule has 3 nitrogen and oxygen atoms in total. The Hall–Kier alpha value is -2.36. The van der Waals surface area contributed by atoms with Crippen molar-refractivity contribution in [1.29, 1.82) is 0 Å². The number of carbonyl (C=O) groups is 1. The van der Waals surface area contributed by atoms with Gasteiger partial charge in [0, 0.05) is 6.54 Å². The van der Waals surface area contributed by atoms with E-state index in [1.54, 1.807) is 0 Å². The molecule has 0 saturated heterocycles. The van der Waals surface area contributed by atoms with Crippen LogP contribution in [0.15, 0.2) is 48.5 Å². The van der Waals surface area contributed by atoms with Crippen molar-refractivity contribution < 1.29 is 13.9 Å². The van der Waals surface area contributed by atoms with Crippen molar-refractivity contribution in [2.75, 3.05) is 6.61 Å². The monoisotopic (exact) mass is 315 g/mol. The Balaban J connectivity index is 1.79. The van der Waals surface area contributed by atoms with E-state index in [1.165, 1.54) is 29.8 Å². The third-order valence-corrected chi connectivity index (χ3v) is 3.49. The summed E-state index contributed by atoms with van der Waals surface area (Å²) < 4.78 is 18.1. The maximum Gasteiger partial charge on any atom is 0.258 e. The molecule has 0 heterocycles. The summed E-state index contributed by atoms with van der Waals surface area (Å²) in [4.78, 5) is 11.8. The zero-order valence-electron chi connectivity index (χ0n) is 13.7. The Kier molecular flexibility index (Phi) is 5.37. The average Bonchev–Trinajstić information content (AvgIpc) is 2.52. The maximum absolute atomic E-state index is 12.8. The van der Waals surface area contributed by atoms with Crippen LogP contribution in [0.5, 0.6) is 5.75 Å². The third-order valence-electron chi connectivity index (χ3n) is 3.49. The van der Waals surface area contributed by atoms with Gasteiger partial charge in [0.2, 0.25) is 0 Å². The molecule has 0 radical (unpaired) electrons. The van der Waals surface area contributed by atoms with Gasteiger partial charge in [0.15, 0.2) is 6.61 Å². The van der Waals surface area contributed by atoms with Crippen molar-refractivity contribution >= 4 is 5.91 Å². The maximum atomic E-state index is 12.8. The summed E-state index contributed by atoms with van der Waals surface area (Å²) in [6.45, 7) is 6.85. The molecular formula is C19H22FNO2. The Bertz CT molecular complexity index is 643. The van der Waals surface area contributed by atoms with Gasteiger partial charge >= 0.3 is 0 Å². The van der Waals surface area contributed by atoms with E-state index in [1.807, 2.05) is 12.1 Å². The Morgan fingerprint density at radius 3 is 2.22 bits per heavy atom. The molecule has 0 saturated carbocycles. The lowest BCUT2D eigenvalue weighted by molar-refractivity contribution is -0.123. The van der Waals surface area contributed by atoms with Gasteiger partial charge in [0.25, 0.3) is 5.91 Å². The quantitative estimate of drug-likeness (QED) is 0.911. The molecule has 0 aliphatic carbocycles. The predicted molar refractivity (Wildman–Crippen MR) is 88.9 cm³/mol. The molecule has 0 atom stereocenters. The minimum absolute atomic E-state index is 0.0916. The van der Waals surface area contributed by atoms with Crippen molar-refractivity contribution in [3.05, 3.63) is 65.5 Å². The molecule has 23 heavy (non-hydrogen) atoms. The van der Waals surface area contributed by atoms with E-state index >= 15 is 0 Å². The molecule has 2 aromatic carbocycles.